The number of carbonyl (C=O) groups excluding carboxylic acids is 2. The van der Waals surface area contributed by atoms with Gasteiger partial charge >= 0.3 is 6.03 Å². The molecule has 0 spiro atoms. The van der Waals surface area contributed by atoms with Gasteiger partial charge in [-0.2, -0.15) is 0 Å². The lowest BCUT2D eigenvalue weighted by molar-refractivity contribution is 0.102. The molecule has 0 unspecified atom stereocenters. The van der Waals surface area contributed by atoms with Gasteiger partial charge in [-0.05, 0) is 63.1 Å². The van der Waals surface area contributed by atoms with Gasteiger partial charge in [0, 0.05) is 35.1 Å². The van der Waals surface area contributed by atoms with Crippen LogP contribution in [0.2, 0.25) is 0 Å². The molecule has 8 nitrogen and oxygen atoms in total. The first kappa shape index (κ1) is 26.4. The van der Waals surface area contributed by atoms with E-state index in [1.807, 2.05) is 58.0 Å². The topological polar surface area (TPSA) is 115 Å². The van der Waals surface area contributed by atoms with E-state index in [4.69, 9.17) is 15.2 Å². The van der Waals surface area contributed by atoms with Crippen LogP contribution >= 0.6 is 0 Å². The second-order valence-corrected chi connectivity index (χ2v) is 8.22. The van der Waals surface area contributed by atoms with Crippen LogP contribution in [0.4, 0.5) is 21.9 Å². The minimum atomic E-state index is -0.415. The maximum absolute atomic E-state index is 13.0. The lowest BCUT2D eigenvalue weighted by Crippen LogP contribution is -2.28. The van der Waals surface area contributed by atoms with E-state index in [1.54, 1.807) is 24.3 Å². The second-order valence-electron chi connectivity index (χ2n) is 8.22. The van der Waals surface area contributed by atoms with Gasteiger partial charge in [0.15, 0.2) is 0 Å². The lowest BCUT2D eigenvalue weighted by Gasteiger charge is -2.16. The summed E-state index contributed by atoms with van der Waals surface area (Å²) in [7, 11) is 0. The highest BCUT2D eigenvalue weighted by atomic mass is 16.5. The molecule has 0 heterocycles. The normalized spacial score (nSPS) is 10.4. The minimum absolute atomic E-state index is 0.204. The van der Waals surface area contributed by atoms with Gasteiger partial charge in [-0.1, -0.05) is 30.7 Å². The Balaban J connectivity index is 1.71. The molecular formula is C28H34N4O4. The smallest absolute Gasteiger partial charge is 0.319 e. The van der Waals surface area contributed by atoms with Gasteiger partial charge in [0.1, 0.15) is 11.5 Å². The molecule has 3 aromatic rings. The number of benzene rings is 3. The molecule has 0 aliphatic rings. The Hall–Kier alpha value is -4.20. The van der Waals surface area contributed by atoms with Crippen molar-refractivity contribution in [3.8, 4) is 11.5 Å². The van der Waals surface area contributed by atoms with E-state index >= 15 is 0 Å². The van der Waals surface area contributed by atoms with Crippen molar-refractivity contribution in [3.63, 3.8) is 0 Å². The summed E-state index contributed by atoms with van der Waals surface area (Å²) in [6, 6.07) is 16.0. The number of ether oxygens (including phenoxy) is 2. The standard InChI is InChI=1S/C28H34N4O4/c1-5-19-10-13-22(15-23(19)27(33)31-21-11-8-18(4)9-12-21)32-28(34)30-17-20-14-26(36-7-3)24(29)16-25(20)35-6-2/h8-16H,5-7,17,29H2,1-4H3,(H,31,33)(H2,30,32,34). The van der Waals surface area contributed by atoms with Gasteiger partial charge in [0.2, 0.25) is 0 Å². The van der Waals surface area contributed by atoms with Crippen LogP contribution < -0.4 is 31.2 Å². The zero-order valence-corrected chi connectivity index (χ0v) is 21.2. The lowest BCUT2D eigenvalue weighted by atomic mass is 10.0. The fourth-order valence-corrected chi connectivity index (χ4v) is 3.69. The molecule has 3 amide bonds. The van der Waals surface area contributed by atoms with E-state index in [0.29, 0.717) is 53.8 Å². The van der Waals surface area contributed by atoms with Crippen molar-refractivity contribution >= 4 is 29.0 Å². The molecule has 0 atom stereocenters. The van der Waals surface area contributed by atoms with Crippen LogP contribution in [-0.4, -0.2) is 25.2 Å². The molecule has 0 saturated heterocycles. The van der Waals surface area contributed by atoms with E-state index < -0.39 is 6.03 Å². The number of nitrogen functional groups attached to an aromatic ring is 1. The van der Waals surface area contributed by atoms with E-state index in [9.17, 15) is 9.59 Å². The number of rotatable bonds is 10. The average Bonchev–Trinajstić information content (AvgIpc) is 2.86. The fraction of sp³-hybridized carbons (Fsp3) is 0.286. The van der Waals surface area contributed by atoms with Crippen LogP contribution in [0.15, 0.2) is 54.6 Å². The SMILES string of the molecule is CCOc1cc(CNC(=O)Nc2ccc(CC)c(C(=O)Nc3ccc(C)cc3)c2)c(OCC)cc1N. The number of nitrogens with one attached hydrogen (secondary N) is 3. The molecular weight excluding hydrogens is 456 g/mol. The Labute approximate surface area is 212 Å². The first-order chi connectivity index (χ1) is 17.3. The molecule has 0 aromatic heterocycles. The van der Waals surface area contributed by atoms with Crippen molar-refractivity contribution in [1.29, 1.82) is 0 Å². The number of hydrogen-bond acceptors (Lipinski definition) is 5. The number of nitrogens with two attached hydrogens (primary N) is 1. The third kappa shape index (κ3) is 6.91. The average molecular weight is 491 g/mol. The van der Waals surface area contributed by atoms with E-state index in [-0.39, 0.29) is 12.5 Å². The van der Waals surface area contributed by atoms with Gasteiger partial charge < -0.3 is 31.2 Å². The number of aryl methyl sites for hydroxylation is 2. The first-order valence-electron chi connectivity index (χ1n) is 12.1. The minimum Gasteiger partial charge on any atom is -0.493 e. The Kier molecular flexibility index (Phi) is 9.16. The predicted octanol–water partition coefficient (Wildman–Crippen LogP) is 5.51. The Morgan fingerprint density at radius 2 is 1.47 bits per heavy atom. The summed E-state index contributed by atoms with van der Waals surface area (Å²) in [5.74, 6) is 0.894. The Morgan fingerprint density at radius 3 is 2.14 bits per heavy atom. The molecule has 3 rings (SSSR count). The van der Waals surface area contributed by atoms with Gasteiger partial charge in [0.05, 0.1) is 18.9 Å². The van der Waals surface area contributed by atoms with E-state index in [0.717, 1.165) is 16.7 Å². The number of amides is 3. The third-order valence-corrected chi connectivity index (χ3v) is 5.53. The Bertz CT molecular complexity index is 1210. The molecule has 0 radical (unpaired) electrons. The molecule has 8 heteroatoms. The van der Waals surface area contributed by atoms with Crippen molar-refractivity contribution in [2.24, 2.45) is 0 Å². The molecule has 0 saturated carbocycles. The molecule has 0 aliphatic carbocycles. The number of hydrogen-bond donors (Lipinski definition) is 4. The highest BCUT2D eigenvalue weighted by molar-refractivity contribution is 6.06. The van der Waals surface area contributed by atoms with Crippen LogP contribution in [0.3, 0.4) is 0 Å². The van der Waals surface area contributed by atoms with Gasteiger partial charge in [-0.25, -0.2) is 4.79 Å². The highest BCUT2D eigenvalue weighted by Crippen LogP contribution is 2.31. The Morgan fingerprint density at radius 1 is 0.806 bits per heavy atom. The first-order valence-corrected chi connectivity index (χ1v) is 12.1. The van der Waals surface area contributed by atoms with Crippen LogP contribution in [0, 0.1) is 6.92 Å². The van der Waals surface area contributed by atoms with Crippen molar-refractivity contribution < 1.29 is 19.1 Å². The summed E-state index contributed by atoms with van der Waals surface area (Å²) in [5.41, 5.74) is 11.0. The molecule has 0 fully saturated rings. The molecule has 36 heavy (non-hydrogen) atoms. The largest absolute Gasteiger partial charge is 0.493 e. The summed E-state index contributed by atoms with van der Waals surface area (Å²) in [6.07, 6.45) is 0.683. The second kappa shape index (κ2) is 12.5. The van der Waals surface area contributed by atoms with Crippen molar-refractivity contribution in [3.05, 3.63) is 76.9 Å². The zero-order valence-electron chi connectivity index (χ0n) is 21.2. The molecule has 5 N–H and O–H groups in total. The van der Waals surface area contributed by atoms with E-state index in [2.05, 4.69) is 16.0 Å². The summed E-state index contributed by atoms with van der Waals surface area (Å²) < 4.78 is 11.2. The molecule has 190 valence electrons. The van der Waals surface area contributed by atoms with Crippen LogP contribution in [0.1, 0.15) is 47.8 Å². The van der Waals surface area contributed by atoms with Crippen LogP contribution in [0.25, 0.3) is 0 Å². The van der Waals surface area contributed by atoms with Crippen LogP contribution in [0.5, 0.6) is 11.5 Å². The fourth-order valence-electron chi connectivity index (χ4n) is 3.69. The maximum Gasteiger partial charge on any atom is 0.319 e. The third-order valence-electron chi connectivity index (χ3n) is 5.53. The van der Waals surface area contributed by atoms with Gasteiger partial charge in [-0.3, -0.25) is 4.79 Å². The molecule has 0 aliphatic heterocycles. The van der Waals surface area contributed by atoms with Gasteiger partial charge in [-0.15, -0.1) is 0 Å². The highest BCUT2D eigenvalue weighted by Gasteiger charge is 2.15. The number of carbonyl (C=O) groups is 2. The number of urea groups is 1. The van der Waals surface area contributed by atoms with Gasteiger partial charge in [0.25, 0.3) is 5.91 Å². The van der Waals surface area contributed by atoms with Crippen molar-refractivity contribution in [2.75, 3.05) is 29.6 Å². The molecule has 0 bridgehead atoms. The summed E-state index contributed by atoms with van der Waals surface area (Å²) in [4.78, 5) is 25.6. The van der Waals surface area contributed by atoms with Crippen molar-refractivity contribution in [2.45, 2.75) is 40.7 Å². The quantitative estimate of drug-likeness (QED) is 0.280. The molecule has 3 aromatic carbocycles. The van der Waals surface area contributed by atoms with E-state index in [1.165, 1.54) is 0 Å². The summed E-state index contributed by atoms with van der Waals surface area (Å²) >= 11 is 0. The monoisotopic (exact) mass is 490 g/mol. The predicted molar refractivity (Wildman–Crippen MR) is 144 cm³/mol. The van der Waals surface area contributed by atoms with Crippen LogP contribution in [-0.2, 0) is 13.0 Å². The summed E-state index contributed by atoms with van der Waals surface area (Å²) in [5, 5.41) is 8.56. The number of anilines is 3. The summed E-state index contributed by atoms with van der Waals surface area (Å²) in [6.45, 7) is 8.86. The maximum atomic E-state index is 13.0. The van der Waals surface area contributed by atoms with Crippen molar-refractivity contribution in [1.82, 2.24) is 5.32 Å². The zero-order chi connectivity index (χ0) is 26.1.